The first-order valence-electron chi connectivity index (χ1n) is 6.25. The molecule has 4 heteroatoms. The van der Waals surface area contributed by atoms with E-state index in [-0.39, 0.29) is 0 Å². The van der Waals surface area contributed by atoms with Crippen molar-refractivity contribution in [1.82, 2.24) is 15.1 Å². The van der Waals surface area contributed by atoms with Gasteiger partial charge in [-0.05, 0) is 23.3 Å². The Morgan fingerprint density at radius 3 is 3.11 bits per heavy atom. The van der Waals surface area contributed by atoms with Gasteiger partial charge in [-0.15, -0.1) is 0 Å². The van der Waals surface area contributed by atoms with Gasteiger partial charge in [-0.3, -0.25) is 4.68 Å². The van der Waals surface area contributed by atoms with Crippen molar-refractivity contribution in [3.8, 4) is 5.75 Å². The van der Waals surface area contributed by atoms with Crippen molar-refractivity contribution in [1.29, 1.82) is 0 Å². The van der Waals surface area contributed by atoms with Crippen LogP contribution in [-0.4, -0.2) is 16.4 Å². The van der Waals surface area contributed by atoms with Gasteiger partial charge >= 0.3 is 0 Å². The molecule has 94 valence electrons. The number of rotatable bonds is 4. The van der Waals surface area contributed by atoms with Crippen LogP contribution in [0.15, 0.2) is 30.5 Å². The van der Waals surface area contributed by atoms with Crippen LogP contribution < -0.4 is 10.1 Å². The Morgan fingerprint density at radius 2 is 2.28 bits per heavy atom. The van der Waals surface area contributed by atoms with Gasteiger partial charge in [-0.25, -0.2) is 0 Å². The molecule has 0 amide bonds. The topological polar surface area (TPSA) is 39.1 Å². The Morgan fingerprint density at radius 1 is 1.33 bits per heavy atom. The van der Waals surface area contributed by atoms with Gasteiger partial charge in [0.25, 0.3) is 0 Å². The van der Waals surface area contributed by atoms with Crippen LogP contribution in [0.5, 0.6) is 5.75 Å². The largest absolute Gasteiger partial charge is 0.493 e. The third-order valence-corrected chi connectivity index (χ3v) is 3.31. The molecule has 1 aromatic carbocycles. The highest BCUT2D eigenvalue weighted by atomic mass is 16.5. The number of ether oxygens (including phenoxy) is 1. The van der Waals surface area contributed by atoms with Gasteiger partial charge in [0.2, 0.25) is 0 Å². The molecule has 4 nitrogen and oxygen atoms in total. The van der Waals surface area contributed by atoms with E-state index in [1.165, 1.54) is 16.8 Å². The third kappa shape index (κ3) is 2.24. The van der Waals surface area contributed by atoms with E-state index in [4.69, 9.17) is 4.74 Å². The summed E-state index contributed by atoms with van der Waals surface area (Å²) in [6, 6.07) is 8.46. The van der Waals surface area contributed by atoms with Crippen LogP contribution in [0.25, 0.3) is 0 Å². The Hall–Kier alpha value is -1.81. The third-order valence-electron chi connectivity index (χ3n) is 3.31. The fraction of sp³-hybridized carbons (Fsp3) is 0.357. The number of hydrogen-bond acceptors (Lipinski definition) is 3. The maximum Gasteiger partial charge on any atom is 0.122 e. The molecule has 0 radical (unpaired) electrons. The summed E-state index contributed by atoms with van der Waals surface area (Å²) in [5, 5.41) is 7.58. The average molecular weight is 243 g/mol. The fourth-order valence-corrected chi connectivity index (χ4v) is 2.26. The lowest BCUT2D eigenvalue weighted by Gasteiger charge is -2.07. The van der Waals surface area contributed by atoms with Gasteiger partial charge in [-0.2, -0.15) is 5.10 Å². The van der Waals surface area contributed by atoms with Gasteiger partial charge in [-0.1, -0.05) is 12.1 Å². The van der Waals surface area contributed by atoms with Crippen LogP contribution >= 0.6 is 0 Å². The van der Waals surface area contributed by atoms with Gasteiger partial charge in [0.1, 0.15) is 5.75 Å². The zero-order chi connectivity index (χ0) is 12.4. The molecular weight excluding hydrogens is 226 g/mol. The van der Waals surface area contributed by atoms with Crippen LogP contribution in [0.4, 0.5) is 0 Å². The Balaban J connectivity index is 1.59. The van der Waals surface area contributed by atoms with Crippen molar-refractivity contribution < 1.29 is 4.74 Å². The number of nitrogens with zero attached hydrogens (tertiary/aromatic N) is 2. The first kappa shape index (κ1) is 11.3. The second kappa shape index (κ2) is 4.82. The zero-order valence-corrected chi connectivity index (χ0v) is 10.5. The first-order chi connectivity index (χ1) is 8.83. The normalized spacial score (nSPS) is 13.4. The highest BCUT2D eigenvalue weighted by Crippen LogP contribution is 2.25. The molecule has 0 fully saturated rings. The summed E-state index contributed by atoms with van der Waals surface area (Å²) in [5.74, 6) is 1.05. The number of aryl methyl sites for hydroxylation is 1. The summed E-state index contributed by atoms with van der Waals surface area (Å²) in [6.07, 6.45) is 2.86. The smallest absolute Gasteiger partial charge is 0.122 e. The molecule has 2 heterocycles. The number of aromatic nitrogens is 2. The quantitative estimate of drug-likeness (QED) is 0.887. The molecule has 0 saturated heterocycles. The zero-order valence-electron chi connectivity index (χ0n) is 10.5. The van der Waals surface area contributed by atoms with Crippen LogP contribution in [0.1, 0.15) is 16.8 Å². The minimum Gasteiger partial charge on any atom is -0.493 e. The van der Waals surface area contributed by atoms with Crippen LogP contribution in [0.2, 0.25) is 0 Å². The van der Waals surface area contributed by atoms with Crippen molar-refractivity contribution in [3.05, 3.63) is 47.3 Å². The highest BCUT2D eigenvalue weighted by Gasteiger charge is 2.11. The van der Waals surface area contributed by atoms with E-state index >= 15 is 0 Å². The molecule has 1 N–H and O–H groups in total. The maximum absolute atomic E-state index is 5.50. The monoisotopic (exact) mass is 243 g/mol. The number of hydrogen-bond donors (Lipinski definition) is 1. The molecule has 1 aliphatic rings. The van der Waals surface area contributed by atoms with E-state index in [0.717, 1.165) is 31.9 Å². The number of nitrogens with one attached hydrogen (secondary N) is 1. The maximum atomic E-state index is 5.50. The molecule has 3 rings (SSSR count). The molecule has 1 aromatic heterocycles. The van der Waals surface area contributed by atoms with E-state index in [9.17, 15) is 0 Å². The Kier molecular flexibility index (Phi) is 3.02. The van der Waals surface area contributed by atoms with Crippen molar-refractivity contribution in [2.45, 2.75) is 19.5 Å². The molecule has 1 aliphatic heterocycles. The molecular formula is C14H17N3O. The highest BCUT2D eigenvalue weighted by molar-refractivity contribution is 5.39. The summed E-state index contributed by atoms with van der Waals surface area (Å²) in [5.41, 5.74) is 3.83. The van der Waals surface area contributed by atoms with Gasteiger partial charge in [0, 0.05) is 32.8 Å². The lowest BCUT2D eigenvalue weighted by molar-refractivity contribution is 0.357. The van der Waals surface area contributed by atoms with E-state index in [1.54, 1.807) is 0 Å². The SMILES string of the molecule is Cn1nccc1CNCc1ccc2c(c1)CCO2. The minimum atomic E-state index is 0.821. The standard InChI is InChI=1S/C14H17N3O/c1-17-13(4-6-16-17)10-15-9-11-2-3-14-12(8-11)5-7-18-14/h2-4,6,8,15H,5,7,9-10H2,1H3. The Bertz CT molecular complexity index is 548. The molecule has 18 heavy (non-hydrogen) atoms. The predicted molar refractivity (Wildman–Crippen MR) is 69.4 cm³/mol. The van der Waals surface area contributed by atoms with Crippen LogP contribution in [-0.2, 0) is 26.6 Å². The Labute approximate surface area is 107 Å². The lowest BCUT2D eigenvalue weighted by atomic mass is 10.1. The molecule has 0 atom stereocenters. The predicted octanol–water partition coefficient (Wildman–Crippen LogP) is 1.64. The first-order valence-corrected chi connectivity index (χ1v) is 6.25. The fourth-order valence-electron chi connectivity index (χ4n) is 2.26. The van der Waals surface area contributed by atoms with E-state index in [2.05, 4.69) is 28.6 Å². The molecule has 0 bridgehead atoms. The van der Waals surface area contributed by atoms with Crippen LogP contribution in [0, 0.1) is 0 Å². The van der Waals surface area contributed by atoms with Crippen molar-refractivity contribution in [2.24, 2.45) is 7.05 Å². The van der Waals surface area contributed by atoms with Crippen LogP contribution in [0.3, 0.4) is 0 Å². The van der Waals surface area contributed by atoms with Gasteiger partial charge in [0.05, 0.1) is 12.3 Å². The number of benzene rings is 1. The van der Waals surface area contributed by atoms with E-state index < -0.39 is 0 Å². The average Bonchev–Trinajstić information content (AvgIpc) is 2.98. The lowest BCUT2D eigenvalue weighted by Crippen LogP contribution is -2.15. The summed E-state index contributed by atoms with van der Waals surface area (Å²) in [7, 11) is 1.96. The second-order valence-electron chi connectivity index (χ2n) is 4.59. The minimum absolute atomic E-state index is 0.821. The molecule has 2 aromatic rings. The van der Waals surface area contributed by atoms with E-state index in [0.29, 0.717) is 0 Å². The molecule has 0 aliphatic carbocycles. The molecule has 0 spiro atoms. The van der Waals surface area contributed by atoms with Crippen molar-refractivity contribution >= 4 is 0 Å². The summed E-state index contributed by atoms with van der Waals surface area (Å²) in [4.78, 5) is 0. The molecule has 0 saturated carbocycles. The van der Waals surface area contributed by atoms with Gasteiger partial charge in [0.15, 0.2) is 0 Å². The van der Waals surface area contributed by atoms with Crippen molar-refractivity contribution in [2.75, 3.05) is 6.61 Å². The summed E-state index contributed by atoms with van der Waals surface area (Å²) in [6.45, 7) is 2.53. The van der Waals surface area contributed by atoms with Gasteiger partial charge < -0.3 is 10.1 Å². The molecule has 0 unspecified atom stereocenters. The number of fused-ring (bicyclic) bond motifs is 1. The second-order valence-corrected chi connectivity index (χ2v) is 4.59. The summed E-state index contributed by atoms with van der Waals surface area (Å²) >= 11 is 0. The summed E-state index contributed by atoms with van der Waals surface area (Å²) < 4.78 is 7.39. The van der Waals surface area contributed by atoms with Crippen molar-refractivity contribution in [3.63, 3.8) is 0 Å². The van der Waals surface area contributed by atoms with E-state index in [1.807, 2.05) is 24.0 Å².